The summed E-state index contributed by atoms with van der Waals surface area (Å²) in [6.07, 6.45) is 0. The minimum atomic E-state index is -0.0513. The molecule has 1 fully saturated rings. The summed E-state index contributed by atoms with van der Waals surface area (Å²) in [5.41, 5.74) is 2.72. The molecule has 0 unspecified atom stereocenters. The quantitative estimate of drug-likeness (QED) is 0.708. The van der Waals surface area contributed by atoms with Gasteiger partial charge in [-0.1, -0.05) is 30.3 Å². The average molecular weight is 364 g/mol. The summed E-state index contributed by atoms with van der Waals surface area (Å²) in [5.74, 6) is 1.13. The number of carbonyl (C=O) groups is 1. The molecule has 1 aliphatic heterocycles. The van der Waals surface area contributed by atoms with Crippen LogP contribution in [0.4, 0.5) is 0 Å². The number of amides is 1. The van der Waals surface area contributed by atoms with E-state index >= 15 is 0 Å². The van der Waals surface area contributed by atoms with Gasteiger partial charge < -0.3 is 19.0 Å². The van der Waals surface area contributed by atoms with Crippen molar-refractivity contribution in [1.29, 1.82) is 0 Å². The van der Waals surface area contributed by atoms with E-state index in [1.807, 2.05) is 48.2 Å². The molecule has 1 aliphatic rings. The first-order chi connectivity index (χ1) is 13.1. The molecule has 0 spiro atoms. The van der Waals surface area contributed by atoms with Crippen molar-refractivity contribution in [3.63, 3.8) is 0 Å². The van der Waals surface area contributed by atoms with Crippen molar-refractivity contribution < 1.29 is 13.9 Å². The Balaban J connectivity index is 1.72. The highest BCUT2D eigenvalue weighted by Crippen LogP contribution is 2.32. The fourth-order valence-corrected chi connectivity index (χ4v) is 3.78. The minimum absolute atomic E-state index is 0.0135. The standard InChI is InChI=1S/C22H24N2O3/c1-15-18-13-17(26-3)9-10-20(18)27-21(15)22(25)24-12-11-23(2)14-19(24)16-7-5-4-6-8-16/h4-10,13,19H,11-12,14H2,1-3H3/t19-/m1/s1. The molecule has 0 N–H and O–H groups in total. The number of hydrogen-bond acceptors (Lipinski definition) is 4. The molecule has 1 amide bonds. The number of rotatable bonds is 3. The SMILES string of the molecule is COc1ccc2oc(C(=O)N3CCN(C)C[C@@H]3c3ccccc3)c(C)c2c1. The Morgan fingerprint density at radius 3 is 2.67 bits per heavy atom. The third kappa shape index (κ3) is 3.19. The van der Waals surface area contributed by atoms with Crippen LogP contribution in [0.5, 0.6) is 5.75 Å². The van der Waals surface area contributed by atoms with Gasteiger partial charge in [-0.2, -0.15) is 0 Å². The van der Waals surface area contributed by atoms with E-state index in [9.17, 15) is 4.79 Å². The van der Waals surface area contributed by atoms with E-state index in [2.05, 4.69) is 24.1 Å². The van der Waals surface area contributed by atoms with E-state index in [-0.39, 0.29) is 11.9 Å². The number of methoxy groups -OCH3 is 1. The fourth-order valence-electron chi connectivity index (χ4n) is 3.78. The van der Waals surface area contributed by atoms with Gasteiger partial charge in [-0.3, -0.25) is 4.79 Å². The number of furan rings is 1. The molecule has 2 aromatic carbocycles. The molecular formula is C22H24N2O3. The van der Waals surface area contributed by atoms with Crippen LogP contribution in [0.25, 0.3) is 11.0 Å². The predicted molar refractivity (Wildman–Crippen MR) is 105 cm³/mol. The molecule has 140 valence electrons. The second kappa shape index (κ2) is 7.08. The van der Waals surface area contributed by atoms with Crippen molar-refractivity contribution in [2.75, 3.05) is 33.8 Å². The van der Waals surface area contributed by atoms with Crippen molar-refractivity contribution in [3.8, 4) is 5.75 Å². The van der Waals surface area contributed by atoms with Crippen LogP contribution in [0.3, 0.4) is 0 Å². The van der Waals surface area contributed by atoms with Crippen molar-refractivity contribution in [3.05, 3.63) is 65.4 Å². The van der Waals surface area contributed by atoms with E-state index in [0.29, 0.717) is 17.9 Å². The zero-order chi connectivity index (χ0) is 19.0. The molecule has 0 aliphatic carbocycles. The van der Waals surface area contributed by atoms with Gasteiger partial charge in [-0.15, -0.1) is 0 Å². The first kappa shape index (κ1) is 17.6. The number of fused-ring (bicyclic) bond motifs is 1. The zero-order valence-corrected chi connectivity index (χ0v) is 15.9. The highest BCUT2D eigenvalue weighted by Gasteiger charge is 2.33. The number of piperazine rings is 1. The molecular weight excluding hydrogens is 340 g/mol. The van der Waals surface area contributed by atoms with Crippen LogP contribution in [0.2, 0.25) is 0 Å². The lowest BCUT2D eigenvalue weighted by atomic mass is 10.0. The van der Waals surface area contributed by atoms with Gasteiger partial charge in [0.25, 0.3) is 5.91 Å². The third-order valence-corrected chi connectivity index (χ3v) is 5.37. The predicted octanol–water partition coefficient (Wildman–Crippen LogP) is 3.88. The van der Waals surface area contributed by atoms with Crippen LogP contribution in [0.1, 0.15) is 27.7 Å². The molecule has 1 aromatic heterocycles. The minimum Gasteiger partial charge on any atom is -0.497 e. The smallest absolute Gasteiger partial charge is 0.290 e. The second-order valence-electron chi connectivity index (χ2n) is 7.11. The summed E-state index contributed by atoms with van der Waals surface area (Å²) >= 11 is 0. The molecule has 4 rings (SSSR count). The summed E-state index contributed by atoms with van der Waals surface area (Å²) in [5, 5.41) is 0.920. The molecule has 1 atom stereocenters. The number of ether oxygens (including phenoxy) is 1. The molecule has 1 saturated heterocycles. The largest absolute Gasteiger partial charge is 0.497 e. The highest BCUT2D eigenvalue weighted by atomic mass is 16.5. The third-order valence-electron chi connectivity index (χ3n) is 5.37. The summed E-state index contributed by atoms with van der Waals surface area (Å²) < 4.78 is 11.3. The number of aryl methyl sites for hydroxylation is 1. The van der Waals surface area contributed by atoms with Crippen LogP contribution in [0.15, 0.2) is 52.9 Å². The van der Waals surface area contributed by atoms with Gasteiger partial charge in [0.2, 0.25) is 0 Å². The van der Waals surface area contributed by atoms with Gasteiger partial charge in [-0.25, -0.2) is 0 Å². The van der Waals surface area contributed by atoms with E-state index in [1.54, 1.807) is 7.11 Å². The normalized spacial score (nSPS) is 18.0. The molecule has 5 heteroatoms. The summed E-state index contributed by atoms with van der Waals surface area (Å²) in [7, 11) is 3.73. The molecule has 0 radical (unpaired) electrons. The first-order valence-corrected chi connectivity index (χ1v) is 9.20. The number of carbonyl (C=O) groups excluding carboxylic acids is 1. The molecule has 2 heterocycles. The zero-order valence-electron chi connectivity index (χ0n) is 15.9. The highest BCUT2D eigenvalue weighted by molar-refractivity contribution is 5.99. The van der Waals surface area contributed by atoms with E-state index in [1.165, 1.54) is 0 Å². The van der Waals surface area contributed by atoms with Gasteiger partial charge >= 0.3 is 0 Å². The lowest BCUT2D eigenvalue weighted by Gasteiger charge is -2.40. The maximum atomic E-state index is 13.4. The molecule has 3 aromatic rings. The molecule has 0 bridgehead atoms. The van der Waals surface area contributed by atoms with E-state index in [0.717, 1.165) is 35.4 Å². The van der Waals surface area contributed by atoms with Crippen molar-refractivity contribution >= 4 is 16.9 Å². The van der Waals surface area contributed by atoms with Crippen molar-refractivity contribution in [2.45, 2.75) is 13.0 Å². The molecule has 27 heavy (non-hydrogen) atoms. The number of likely N-dealkylation sites (N-methyl/N-ethyl adjacent to an activating group) is 1. The van der Waals surface area contributed by atoms with Crippen LogP contribution in [0, 0.1) is 6.92 Å². The summed E-state index contributed by atoms with van der Waals surface area (Å²) in [6.45, 7) is 4.27. The lowest BCUT2D eigenvalue weighted by Crippen LogP contribution is -2.49. The van der Waals surface area contributed by atoms with Crippen LogP contribution < -0.4 is 4.74 Å². The Labute approximate surface area is 159 Å². The van der Waals surface area contributed by atoms with E-state index < -0.39 is 0 Å². The Morgan fingerprint density at radius 1 is 1.15 bits per heavy atom. The number of hydrogen-bond donors (Lipinski definition) is 0. The monoisotopic (exact) mass is 364 g/mol. The fraction of sp³-hybridized carbons (Fsp3) is 0.318. The molecule has 0 saturated carbocycles. The van der Waals surface area contributed by atoms with Gasteiger partial charge in [0.1, 0.15) is 11.3 Å². The van der Waals surface area contributed by atoms with Gasteiger partial charge in [0.15, 0.2) is 5.76 Å². The Kier molecular flexibility index (Phi) is 4.62. The topological polar surface area (TPSA) is 45.9 Å². The van der Waals surface area contributed by atoms with Gasteiger partial charge in [-0.05, 0) is 37.7 Å². The Morgan fingerprint density at radius 2 is 1.93 bits per heavy atom. The Hall–Kier alpha value is -2.79. The molecule has 5 nitrogen and oxygen atoms in total. The van der Waals surface area contributed by atoms with E-state index in [4.69, 9.17) is 9.15 Å². The Bertz CT molecular complexity index is 964. The summed E-state index contributed by atoms with van der Waals surface area (Å²) in [6, 6.07) is 15.8. The lowest BCUT2D eigenvalue weighted by molar-refractivity contribution is 0.0469. The average Bonchev–Trinajstić information content (AvgIpc) is 3.04. The first-order valence-electron chi connectivity index (χ1n) is 9.20. The van der Waals surface area contributed by atoms with Gasteiger partial charge in [0, 0.05) is 30.6 Å². The van der Waals surface area contributed by atoms with Crippen molar-refractivity contribution in [2.24, 2.45) is 0 Å². The maximum absolute atomic E-state index is 13.4. The van der Waals surface area contributed by atoms with Gasteiger partial charge in [0.05, 0.1) is 13.2 Å². The van der Waals surface area contributed by atoms with Crippen molar-refractivity contribution in [1.82, 2.24) is 9.80 Å². The second-order valence-corrected chi connectivity index (χ2v) is 7.11. The van der Waals surface area contributed by atoms with Crippen LogP contribution >= 0.6 is 0 Å². The number of nitrogens with zero attached hydrogens (tertiary/aromatic N) is 2. The van der Waals surface area contributed by atoms with Crippen LogP contribution in [-0.2, 0) is 0 Å². The van der Waals surface area contributed by atoms with Crippen LogP contribution in [-0.4, -0.2) is 49.5 Å². The maximum Gasteiger partial charge on any atom is 0.290 e. The number of benzene rings is 2. The summed E-state index contributed by atoms with van der Waals surface area (Å²) in [4.78, 5) is 17.6.